The average molecular weight is 634 g/mol. The first-order chi connectivity index (χ1) is 21.1. The molecule has 1 aliphatic rings. The van der Waals surface area contributed by atoms with E-state index in [1.807, 2.05) is 71.6 Å². The van der Waals surface area contributed by atoms with Crippen molar-refractivity contribution < 1.29 is 24.2 Å². The number of hydrogen-bond acceptors (Lipinski definition) is 5. The van der Waals surface area contributed by atoms with Crippen LogP contribution in [-0.4, -0.2) is 78.1 Å². The molecule has 0 radical (unpaired) electrons. The highest BCUT2D eigenvalue weighted by Crippen LogP contribution is 2.38. The zero-order chi connectivity index (χ0) is 31.5. The van der Waals surface area contributed by atoms with Gasteiger partial charge in [-0.25, -0.2) is 4.79 Å². The predicted octanol–water partition coefficient (Wildman–Crippen LogP) is 7.50. The normalized spacial score (nSPS) is 16.4. The van der Waals surface area contributed by atoms with Crippen molar-refractivity contribution in [2.24, 2.45) is 0 Å². The Morgan fingerprint density at radius 2 is 1.55 bits per heavy atom. The molecule has 0 spiro atoms. The molecule has 44 heavy (non-hydrogen) atoms. The largest absolute Gasteiger partial charge is 0.497 e. The van der Waals surface area contributed by atoms with Gasteiger partial charge in [0.2, 0.25) is 0 Å². The van der Waals surface area contributed by atoms with E-state index < -0.39 is 6.09 Å². The second kappa shape index (κ2) is 13.3. The molecule has 3 amide bonds. The van der Waals surface area contributed by atoms with Crippen LogP contribution < -0.4 is 4.74 Å². The molecule has 0 unspecified atom stereocenters. The van der Waals surface area contributed by atoms with Crippen LogP contribution in [0, 0.1) is 0 Å². The Morgan fingerprint density at radius 3 is 2.16 bits per heavy atom. The number of carboxylic acid groups (broad SMARTS) is 1. The average Bonchev–Trinajstić information content (AvgIpc) is 3.38. The summed E-state index contributed by atoms with van der Waals surface area (Å²) in [5, 5.41) is 10.8. The number of methoxy groups -OCH3 is 1. The van der Waals surface area contributed by atoms with Gasteiger partial charge in [0.25, 0.3) is 11.8 Å². The van der Waals surface area contributed by atoms with Gasteiger partial charge in [0.05, 0.1) is 12.1 Å². The molecule has 230 valence electrons. The van der Waals surface area contributed by atoms with Crippen LogP contribution >= 0.6 is 22.9 Å². The van der Waals surface area contributed by atoms with E-state index in [9.17, 15) is 19.5 Å². The standard InChI is InChI=1S/C34H36ClN3O5S/c1-36(2)32(39)23-11-9-22(10-12-23)24-17-21(18-27(19-24)43-4)20-38(26-15-13-25(14-16-26)37(3)34(41)42)33(40)31-30(35)28-7-5-6-8-29(28)44-31/h5-12,17-19,25-26H,13-16,20H2,1-4H3,(H,41,42). The number of benzene rings is 3. The summed E-state index contributed by atoms with van der Waals surface area (Å²) in [4.78, 5) is 43.6. The molecule has 1 heterocycles. The Kier molecular flexibility index (Phi) is 9.46. The van der Waals surface area contributed by atoms with E-state index in [0.29, 0.717) is 53.4 Å². The van der Waals surface area contributed by atoms with E-state index in [1.165, 1.54) is 16.2 Å². The highest BCUT2D eigenvalue weighted by Gasteiger charge is 2.34. The molecule has 1 aromatic heterocycles. The Hall–Kier alpha value is -4.08. The lowest BCUT2D eigenvalue weighted by Crippen LogP contribution is -2.46. The molecule has 3 aromatic carbocycles. The lowest BCUT2D eigenvalue weighted by molar-refractivity contribution is 0.0556. The van der Waals surface area contributed by atoms with Gasteiger partial charge in [-0.05, 0) is 78.8 Å². The number of fused-ring (bicyclic) bond motifs is 1. The van der Waals surface area contributed by atoms with E-state index in [-0.39, 0.29) is 23.9 Å². The Bertz CT molecular complexity index is 1680. The fourth-order valence-electron chi connectivity index (χ4n) is 5.86. The number of hydrogen-bond donors (Lipinski definition) is 1. The zero-order valence-corrected chi connectivity index (χ0v) is 26.8. The number of rotatable bonds is 8. The second-order valence-corrected chi connectivity index (χ2v) is 12.8. The fourth-order valence-corrected chi connectivity index (χ4v) is 7.33. The summed E-state index contributed by atoms with van der Waals surface area (Å²) in [5.74, 6) is 0.452. The van der Waals surface area contributed by atoms with Crippen molar-refractivity contribution in [1.29, 1.82) is 0 Å². The summed E-state index contributed by atoms with van der Waals surface area (Å²) < 4.78 is 6.61. The first kappa shape index (κ1) is 31.3. The lowest BCUT2D eigenvalue weighted by atomic mass is 9.89. The van der Waals surface area contributed by atoms with Gasteiger partial charge in [0.15, 0.2) is 0 Å². The monoisotopic (exact) mass is 633 g/mol. The van der Waals surface area contributed by atoms with Crippen LogP contribution in [0.15, 0.2) is 66.7 Å². The van der Waals surface area contributed by atoms with Crippen molar-refractivity contribution >= 4 is 50.9 Å². The summed E-state index contributed by atoms with van der Waals surface area (Å²) in [6.07, 6.45) is 1.74. The molecule has 1 saturated carbocycles. The van der Waals surface area contributed by atoms with Crippen molar-refractivity contribution in [2.75, 3.05) is 28.3 Å². The molecule has 8 nitrogen and oxygen atoms in total. The lowest BCUT2D eigenvalue weighted by Gasteiger charge is -2.39. The fraction of sp³-hybridized carbons (Fsp3) is 0.324. The van der Waals surface area contributed by atoms with Gasteiger partial charge in [0, 0.05) is 55.4 Å². The van der Waals surface area contributed by atoms with Gasteiger partial charge in [0.1, 0.15) is 10.6 Å². The van der Waals surface area contributed by atoms with Gasteiger partial charge in [-0.2, -0.15) is 0 Å². The first-order valence-corrected chi connectivity index (χ1v) is 15.7. The van der Waals surface area contributed by atoms with E-state index in [4.69, 9.17) is 16.3 Å². The molecule has 0 bridgehead atoms. The molecular formula is C34H36ClN3O5S. The van der Waals surface area contributed by atoms with E-state index in [0.717, 1.165) is 26.8 Å². The number of ether oxygens (including phenoxy) is 1. The maximum Gasteiger partial charge on any atom is 0.407 e. The maximum atomic E-state index is 14.3. The molecule has 1 N–H and O–H groups in total. The molecule has 0 atom stereocenters. The van der Waals surface area contributed by atoms with Crippen molar-refractivity contribution in [3.05, 3.63) is 87.8 Å². The van der Waals surface area contributed by atoms with Crippen LogP contribution in [0.25, 0.3) is 21.2 Å². The molecule has 0 aliphatic heterocycles. The van der Waals surface area contributed by atoms with E-state index in [2.05, 4.69) is 0 Å². The summed E-state index contributed by atoms with van der Waals surface area (Å²) in [7, 11) is 6.66. The van der Waals surface area contributed by atoms with E-state index >= 15 is 0 Å². The predicted molar refractivity (Wildman–Crippen MR) is 175 cm³/mol. The van der Waals surface area contributed by atoms with Crippen molar-refractivity contribution in [2.45, 2.75) is 44.3 Å². The number of carbonyl (C=O) groups excluding carboxylic acids is 2. The molecule has 4 aromatic rings. The summed E-state index contributed by atoms with van der Waals surface area (Å²) in [6, 6.07) is 20.9. The van der Waals surface area contributed by atoms with Crippen LogP contribution in [0.3, 0.4) is 0 Å². The molecule has 0 saturated heterocycles. The highest BCUT2D eigenvalue weighted by atomic mass is 35.5. The highest BCUT2D eigenvalue weighted by molar-refractivity contribution is 7.21. The molecule has 1 aliphatic carbocycles. The molecule has 5 rings (SSSR count). The smallest absolute Gasteiger partial charge is 0.407 e. The minimum Gasteiger partial charge on any atom is -0.497 e. The summed E-state index contributed by atoms with van der Waals surface area (Å²) in [5.41, 5.74) is 3.32. The second-order valence-electron chi connectivity index (χ2n) is 11.4. The van der Waals surface area contributed by atoms with Crippen LogP contribution in [0.4, 0.5) is 4.79 Å². The van der Waals surface area contributed by atoms with Crippen molar-refractivity contribution in [3.8, 4) is 16.9 Å². The third-order valence-electron chi connectivity index (χ3n) is 8.37. The van der Waals surface area contributed by atoms with Gasteiger partial charge >= 0.3 is 6.09 Å². The van der Waals surface area contributed by atoms with Crippen LogP contribution in [0.5, 0.6) is 5.75 Å². The molecular weight excluding hydrogens is 598 g/mol. The Labute approximate surface area is 266 Å². The molecule has 10 heteroatoms. The summed E-state index contributed by atoms with van der Waals surface area (Å²) in [6.45, 7) is 0.328. The Morgan fingerprint density at radius 1 is 0.886 bits per heavy atom. The maximum absolute atomic E-state index is 14.3. The third-order valence-corrected chi connectivity index (χ3v) is 10.0. The molecule has 1 fully saturated rings. The van der Waals surface area contributed by atoms with Crippen molar-refractivity contribution in [1.82, 2.24) is 14.7 Å². The van der Waals surface area contributed by atoms with Crippen LogP contribution in [0.2, 0.25) is 5.02 Å². The van der Waals surface area contributed by atoms with E-state index in [1.54, 1.807) is 33.2 Å². The summed E-state index contributed by atoms with van der Waals surface area (Å²) >= 11 is 8.18. The quantitative estimate of drug-likeness (QED) is 0.217. The van der Waals surface area contributed by atoms with Crippen LogP contribution in [-0.2, 0) is 6.54 Å². The number of carbonyl (C=O) groups is 3. The van der Waals surface area contributed by atoms with Gasteiger partial charge < -0.3 is 24.5 Å². The Balaban J connectivity index is 1.48. The number of thiophene rings is 1. The van der Waals surface area contributed by atoms with Gasteiger partial charge in [-0.3, -0.25) is 9.59 Å². The minimum absolute atomic E-state index is 0.0683. The SMILES string of the molecule is COc1cc(CN(C(=O)c2sc3ccccc3c2Cl)C2CCC(N(C)C(=O)O)CC2)cc(-c2ccc(C(=O)N(C)C)cc2)c1. The van der Waals surface area contributed by atoms with Crippen molar-refractivity contribution in [3.63, 3.8) is 0 Å². The number of amides is 3. The zero-order valence-electron chi connectivity index (χ0n) is 25.2. The minimum atomic E-state index is -0.943. The van der Waals surface area contributed by atoms with Gasteiger partial charge in [-0.1, -0.05) is 41.9 Å². The third kappa shape index (κ3) is 6.54. The number of halogens is 1. The van der Waals surface area contributed by atoms with Gasteiger partial charge in [-0.15, -0.1) is 11.3 Å². The van der Waals surface area contributed by atoms with Crippen LogP contribution in [0.1, 0.15) is 51.3 Å². The topological polar surface area (TPSA) is 90.4 Å². The number of nitrogens with zero attached hydrogens (tertiary/aromatic N) is 3. The first-order valence-electron chi connectivity index (χ1n) is 14.5.